The molecule has 0 atom stereocenters. The molecule has 0 N–H and O–H groups in total. The molecule has 2 nitrogen and oxygen atoms in total. The largest absolute Gasteiger partial charge is 0.543 e. The van der Waals surface area contributed by atoms with E-state index in [2.05, 4.69) is 103 Å². The van der Waals surface area contributed by atoms with Crippen LogP contribution in [0.25, 0.3) is 21.5 Å². The van der Waals surface area contributed by atoms with Crippen LogP contribution in [-0.2, 0) is 5.41 Å². The van der Waals surface area contributed by atoms with E-state index in [-0.39, 0.29) is 5.41 Å². The maximum Gasteiger partial charge on any atom is 0.245 e. The molecule has 0 amide bonds. The van der Waals surface area contributed by atoms with Crippen molar-refractivity contribution >= 4 is 38.2 Å². The normalized spacial score (nSPS) is 12.8. The Morgan fingerprint density at radius 1 is 0.524 bits per heavy atom. The third kappa shape index (κ3) is 10.1. The second-order valence-corrected chi connectivity index (χ2v) is 23.4. The first kappa shape index (κ1) is 34.7. The first-order valence-corrected chi connectivity index (χ1v) is 23.5. The van der Waals surface area contributed by atoms with Gasteiger partial charge in [0.25, 0.3) is 0 Å². The molecule has 4 heteroatoms. The number of hydrogen-bond donors (Lipinski definition) is 0. The highest BCUT2D eigenvalue weighted by molar-refractivity contribution is 6.72. The minimum absolute atomic E-state index is 0.0648. The molecule has 0 spiro atoms. The van der Waals surface area contributed by atoms with Crippen LogP contribution in [0.2, 0.25) is 38.3 Å². The molecule has 0 aliphatic carbocycles. The molecule has 0 aromatic heterocycles. The Morgan fingerprint density at radius 2 is 0.929 bits per heavy atom. The molecule has 234 valence electrons. The van der Waals surface area contributed by atoms with Gasteiger partial charge >= 0.3 is 0 Å². The van der Waals surface area contributed by atoms with Crippen LogP contribution in [0, 0.1) is 0 Å². The Balaban J connectivity index is 1.99. The third-order valence-corrected chi connectivity index (χ3v) is 13.4. The van der Waals surface area contributed by atoms with Crippen LogP contribution in [0.15, 0.2) is 42.5 Å². The van der Waals surface area contributed by atoms with Crippen molar-refractivity contribution in [2.24, 2.45) is 0 Å². The number of fused-ring (bicyclic) bond motifs is 2. The van der Waals surface area contributed by atoms with Gasteiger partial charge in [-0.15, -0.1) is 0 Å². The summed E-state index contributed by atoms with van der Waals surface area (Å²) in [5, 5.41) is 4.85. The second kappa shape index (κ2) is 15.8. The predicted octanol–water partition coefficient (Wildman–Crippen LogP) is 13.2. The zero-order valence-electron chi connectivity index (χ0n) is 28.8. The molecule has 0 fully saturated rings. The molecule has 3 aromatic rings. The zero-order chi connectivity index (χ0) is 30.8. The lowest BCUT2D eigenvalue weighted by Crippen LogP contribution is -2.35. The Bertz CT molecular complexity index is 1260. The highest BCUT2D eigenvalue weighted by Gasteiger charge is 2.30. The summed E-state index contributed by atoms with van der Waals surface area (Å²) in [6.45, 7) is 21.1. The van der Waals surface area contributed by atoms with Gasteiger partial charge in [-0.05, 0) is 55.3 Å². The quantitative estimate of drug-likeness (QED) is 0.0814. The van der Waals surface area contributed by atoms with Crippen LogP contribution in [0.4, 0.5) is 0 Å². The van der Waals surface area contributed by atoms with E-state index in [4.69, 9.17) is 8.85 Å². The summed E-state index contributed by atoms with van der Waals surface area (Å²) in [5.74, 6) is 2.16. The molecular formula is C38H62O2Si2. The molecule has 0 radical (unpaired) electrons. The monoisotopic (exact) mass is 606 g/mol. The topological polar surface area (TPSA) is 18.5 Å². The standard InChI is InChI=1S/C38H62O2Si2/c1-10-12-14-16-18-22-28-41(6,7)39-36-32-24-20-21-25-33(32)37(35-30-31(38(3,4)5)26-27-34(35)36)40-42(8,9)29-23-19-17-15-13-11-2/h20-21,24-27,30H,10-19,22-23,28-29H2,1-9H3. The van der Waals surface area contributed by atoms with E-state index in [0.717, 1.165) is 11.5 Å². The van der Waals surface area contributed by atoms with Crippen molar-refractivity contribution in [2.75, 3.05) is 0 Å². The number of rotatable bonds is 18. The van der Waals surface area contributed by atoms with Gasteiger partial charge in [-0.3, -0.25) is 0 Å². The smallest absolute Gasteiger partial charge is 0.245 e. The molecule has 0 bridgehead atoms. The van der Waals surface area contributed by atoms with Gasteiger partial charge in [0.05, 0.1) is 0 Å². The fourth-order valence-electron chi connectivity index (χ4n) is 6.10. The van der Waals surface area contributed by atoms with Gasteiger partial charge in [-0.25, -0.2) is 0 Å². The van der Waals surface area contributed by atoms with Crippen molar-refractivity contribution in [1.82, 2.24) is 0 Å². The molecule has 3 aromatic carbocycles. The van der Waals surface area contributed by atoms with Crippen LogP contribution in [-0.4, -0.2) is 16.6 Å². The Morgan fingerprint density at radius 3 is 1.38 bits per heavy atom. The Labute approximate surface area is 261 Å². The van der Waals surface area contributed by atoms with Crippen molar-refractivity contribution < 1.29 is 8.85 Å². The second-order valence-electron chi connectivity index (χ2n) is 15.0. The third-order valence-electron chi connectivity index (χ3n) is 8.81. The van der Waals surface area contributed by atoms with Crippen LogP contribution >= 0.6 is 0 Å². The summed E-state index contributed by atoms with van der Waals surface area (Å²) in [5.41, 5.74) is 1.41. The van der Waals surface area contributed by atoms with E-state index >= 15 is 0 Å². The molecule has 0 aliphatic heterocycles. The van der Waals surface area contributed by atoms with Crippen molar-refractivity contribution in [3.05, 3.63) is 48.0 Å². The van der Waals surface area contributed by atoms with Crippen LogP contribution in [0.3, 0.4) is 0 Å². The molecule has 0 aliphatic rings. The van der Waals surface area contributed by atoms with Crippen molar-refractivity contribution in [2.45, 2.75) is 155 Å². The van der Waals surface area contributed by atoms with Gasteiger partial charge in [0.2, 0.25) is 16.6 Å². The van der Waals surface area contributed by atoms with Crippen LogP contribution in [0.1, 0.15) is 117 Å². The summed E-state index contributed by atoms with van der Waals surface area (Å²) in [6.07, 6.45) is 15.9. The molecule has 3 rings (SSSR count). The summed E-state index contributed by atoms with van der Waals surface area (Å²) in [6, 6.07) is 18.3. The van der Waals surface area contributed by atoms with E-state index in [9.17, 15) is 0 Å². The highest BCUT2D eigenvalue weighted by Crippen LogP contribution is 2.46. The molecule has 0 saturated carbocycles. The fraction of sp³-hybridized carbons (Fsp3) is 0.632. The first-order valence-electron chi connectivity index (χ1n) is 17.3. The van der Waals surface area contributed by atoms with E-state index in [0.29, 0.717) is 0 Å². The average molecular weight is 607 g/mol. The Kier molecular flexibility index (Phi) is 13.0. The van der Waals surface area contributed by atoms with Gasteiger partial charge in [0, 0.05) is 21.5 Å². The fourth-order valence-corrected chi connectivity index (χ4v) is 10.1. The summed E-state index contributed by atoms with van der Waals surface area (Å²) in [7, 11) is -3.86. The van der Waals surface area contributed by atoms with E-state index < -0.39 is 16.6 Å². The van der Waals surface area contributed by atoms with Gasteiger partial charge in [-0.2, -0.15) is 0 Å². The lowest BCUT2D eigenvalue weighted by molar-refractivity contribution is 0.538. The number of hydrogen-bond acceptors (Lipinski definition) is 2. The molecular weight excluding hydrogens is 545 g/mol. The van der Waals surface area contributed by atoms with Crippen molar-refractivity contribution in [3.8, 4) is 11.5 Å². The average Bonchev–Trinajstić information content (AvgIpc) is 2.93. The van der Waals surface area contributed by atoms with Gasteiger partial charge < -0.3 is 8.85 Å². The molecule has 42 heavy (non-hydrogen) atoms. The van der Waals surface area contributed by atoms with Gasteiger partial charge in [-0.1, -0.05) is 148 Å². The zero-order valence-corrected chi connectivity index (χ0v) is 30.8. The van der Waals surface area contributed by atoms with Gasteiger partial charge in [0.15, 0.2) is 0 Å². The maximum absolute atomic E-state index is 7.22. The maximum atomic E-state index is 7.22. The molecule has 0 unspecified atom stereocenters. The lowest BCUT2D eigenvalue weighted by atomic mass is 9.85. The minimum atomic E-state index is -1.94. The minimum Gasteiger partial charge on any atom is -0.543 e. The van der Waals surface area contributed by atoms with E-state index in [1.165, 1.54) is 116 Å². The van der Waals surface area contributed by atoms with Crippen molar-refractivity contribution in [1.29, 1.82) is 0 Å². The number of unbranched alkanes of at least 4 members (excludes halogenated alkanes) is 10. The SMILES string of the molecule is CCCCCCCC[Si](C)(C)Oc1c2ccccc2c(O[Si](C)(C)CCCCCCCC)c2cc(C(C)(C)C)ccc12. The lowest BCUT2D eigenvalue weighted by Gasteiger charge is -2.30. The van der Waals surface area contributed by atoms with E-state index in [1.807, 2.05) is 0 Å². The molecule has 0 saturated heterocycles. The summed E-state index contributed by atoms with van der Waals surface area (Å²) >= 11 is 0. The predicted molar refractivity (Wildman–Crippen MR) is 193 cm³/mol. The molecule has 0 heterocycles. The van der Waals surface area contributed by atoms with Gasteiger partial charge in [0.1, 0.15) is 11.5 Å². The Hall–Kier alpha value is -1.79. The first-order chi connectivity index (χ1) is 19.9. The van der Waals surface area contributed by atoms with Crippen LogP contribution < -0.4 is 8.85 Å². The van der Waals surface area contributed by atoms with Crippen LogP contribution in [0.5, 0.6) is 11.5 Å². The summed E-state index contributed by atoms with van der Waals surface area (Å²) in [4.78, 5) is 0. The summed E-state index contributed by atoms with van der Waals surface area (Å²) < 4.78 is 14.4. The number of benzene rings is 3. The highest BCUT2D eigenvalue weighted by atomic mass is 28.4. The van der Waals surface area contributed by atoms with Crippen molar-refractivity contribution in [3.63, 3.8) is 0 Å². The van der Waals surface area contributed by atoms with E-state index in [1.54, 1.807) is 0 Å².